The maximum atomic E-state index is 12.3. The van der Waals surface area contributed by atoms with Crippen molar-refractivity contribution in [1.82, 2.24) is 4.90 Å². The summed E-state index contributed by atoms with van der Waals surface area (Å²) in [6.45, 7) is 4.45. The number of hydrogen-bond donors (Lipinski definition) is 1. The quantitative estimate of drug-likeness (QED) is 0.657. The highest BCUT2D eigenvalue weighted by Gasteiger charge is 2.31. The van der Waals surface area contributed by atoms with Gasteiger partial charge in [-0.05, 0) is 38.0 Å². The van der Waals surface area contributed by atoms with E-state index < -0.39 is 5.97 Å². The maximum Gasteiger partial charge on any atom is 0.303 e. The molecule has 0 aliphatic carbocycles. The summed E-state index contributed by atoms with van der Waals surface area (Å²) in [7, 11) is 0. The van der Waals surface area contributed by atoms with E-state index >= 15 is 0 Å². The lowest BCUT2D eigenvalue weighted by Crippen LogP contribution is -2.29. The third kappa shape index (κ3) is 3.93. The highest BCUT2D eigenvalue weighted by molar-refractivity contribution is 8.26. The molecule has 1 aliphatic rings. The lowest BCUT2D eigenvalue weighted by molar-refractivity contribution is -0.137. The number of aryl methyl sites for hydroxylation is 2. The number of carboxylic acid groups (broad SMARTS) is 1. The van der Waals surface area contributed by atoms with Gasteiger partial charge in [0, 0.05) is 22.7 Å². The van der Waals surface area contributed by atoms with Crippen LogP contribution in [0.5, 0.6) is 0 Å². The summed E-state index contributed by atoms with van der Waals surface area (Å²) in [5.74, 6) is -0.986. The number of hydrogen-bond acceptors (Lipinski definition) is 5. The van der Waals surface area contributed by atoms with Gasteiger partial charge in [-0.15, -0.1) is 11.3 Å². The summed E-state index contributed by atoms with van der Waals surface area (Å²) in [5, 5.41) is 8.64. The predicted molar refractivity (Wildman–Crippen MR) is 90.5 cm³/mol. The molecule has 0 atom stereocenters. The SMILES string of the molecule is Cc1cc(/C=C2/SC(=S)N(CCCC(=O)O)C2=O)sc1C. The Morgan fingerprint density at radius 1 is 1.48 bits per heavy atom. The van der Waals surface area contributed by atoms with Crippen molar-refractivity contribution >= 4 is 57.6 Å². The second-order valence-corrected chi connectivity index (χ2v) is 7.68. The Hall–Kier alpha value is -1.18. The molecule has 0 aromatic carbocycles. The zero-order chi connectivity index (χ0) is 15.6. The van der Waals surface area contributed by atoms with Gasteiger partial charge >= 0.3 is 5.97 Å². The van der Waals surface area contributed by atoms with E-state index in [1.54, 1.807) is 11.3 Å². The fraction of sp³-hybridized carbons (Fsp3) is 0.357. The number of carbonyl (C=O) groups excluding carboxylic acids is 1. The minimum atomic E-state index is -0.861. The van der Waals surface area contributed by atoms with Crippen LogP contribution in [0.15, 0.2) is 11.0 Å². The molecule has 2 heterocycles. The fourth-order valence-electron chi connectivity index (χ4n) is 1.88. The van der Waals surface area contributed by atoms with E-state index in [-0.39, 0.29) is 12.3 Å². The highest BCUT2D eigenvalue weighted by Crippen LogP contribution is 2.34. The summed E-state index contributed by atoms with van der Waals surface area (Å²) in [6, 6.07) is 2.05. The molecule has 0 spiro atoms. The van der Waals surface area contributed by atoms with E-state index in [4.69, 9.17) is 17.3 Å². The Bertz CT molecular complexity index is 614. The number of thiophene rings is 1. The molecular formula is C14H15NO3S3. The molecule has 7 heteroatoms. The number of thiocarbonyl (C=S) groups is 1. The van der Waals surface area contributed by atoms with Gasteiger partial charge in [0.15, 0.2) is 0 Å². The van der Waals surface area contributed by atoms with Crippen molar-refractivity contribution in [2.45, 2.75) is 26.7 Å². The average Bonchev–Trinajstić information content (AvgIpc) is 2.83. The van der Waals surface area contributed by atoms with Crippen LogP contribution in [0.1, 0.15) is 28.2 Å². The number of thioether (sulfide) groups is 1. The Balaban J connectivity index is 2.08. The molecule has 1 aliphatic heterocycles. The first-order chi connectivity index (χ1) is 9.88. The molecule has 0 bridgehead atoms. The molecule has 0 unspecified atom stereocenters. The van der Waals surface area contributed by atoms with Crippen LogP contribution in [-0.2, 0) is 9.59 Å². The zero-order valence-corrected chi connectivity index (χ0v) is 14.2. The monoisotopic (exact) mass is 341 g/mol. The van der Waals surface area contributed by atoms with Crippen molar-refractivity contribution in [3.8, 4) is 0 Å². The standard InChI is InChI=1S/C14H15NO3S3/c1-8-6-10(20-9(8)2)7-11-13(18)15(14(19)21-11)5-3-4-12(16)17/h6-7H,3-5H2,1-2H3,(H,16,17)/b11-7+. The Morgan fingerprint density at radius 3 is 2.76 bits per heavy atom. The topological polar surface area (TPSA) is 57.6 Å². The van der Waals surface area contributed by atoms with Crippen molar-refractivity contribution in [2.75, 3.05) is 6.54 Å². The van der Waals surface area contributed by atoms with Gasteiger partial charge in [0.25, 0.3) is 5.91 Å². The van der Waals surface area contributed by atoms with Crippen LogP contribution >= 0.6 is 35.3 Å². The summed E-state index contributed by atoms with van der Waals surface area (Å²) >= 11 is 8.13. The van der Waals surface area contributed by atoms with E-state index in [2.05, 4.69) is 13.0 Å². The first-order valence-electron chi connectivity index (χ1n) is 6.42. The van der Waals surface area contributed by atoms with Crippen molar-refractivity contribution in [3.63, 3.8) is 0 Å². The minimum absolute atomic E-state index is 0.0411. The van der Waals surface area contributed by atoms with E-state index in [1.165, 1.54) is 27.1 Å². The summed E-state index contributed by atoms with van der Waals surface area (Å²) in [6.07, 6.45) is 2.31. The van der Waals surface area contributed by atoms with E-state index in [9.17, 15) is 9.59 Å². The molecule has 0 radical (unpaired) electrons. The molecule has 2 rings (SSSR count). The van der Waals surface area contributed by atoms with Crippen molar-refractivity contribution in [3.05, 3.63) is 26.3 Å². The van der Waals surface area contributed by atoms with Crippen LogP contribution in [0, 0.1) is 13.8 Å². The molecule has 112 valence electrons. The average molecular weight is 341 g/mol. The molecule has 4 nitrogen and oxygen atoms in total. The van der Waals surface area contributed by atoms with Crippen LogP contribution < -0.4 is 0 Å². The Morgan fingerprint density at radius 2 is 2.19 bits per heavy atom. The highest BCUT2D eigenvalue weighted by atomic mass is 32.2. The summed E-state index contributed by atoms with van der Waals surface area (Å²) < 4.78 is 0.502. The van der Waals surface area contributed by atoms with Gasteiger partial charge in [-0.25, -0.2) is 0 Å². The number of carboxylic acids is 1. The minimum Gasteiger partial charge on any atom is -0.481 e. The number of carbonyl (C=O) groups is 2. The van der Waals surface area contributed by atoms with E-state index in [0.717, 1.165) is 4.88 Å². The first kappa shape index (κ1) is 16.2. The number of rotatable bonds is 5. The van der Waals surface area contributed by atoms with Gasteiger partial charge in [0.2, 0.25) is 0 Å². The fourth-order valence-corrected chi connectivity index (χ4v) is 4.24. The van der Waals surface area contributed by atoms with Gasteiger partial charge in [-0.2, -0.15) is 0 Å². The molecule has 1 saturated heterocycles. The number of nitrogens with zero attached hydrogens (tertiary/aromatic N) is 1. The van der Waals surface area contributed by atoms with Crippen molar-refractivity contribution in [1.29, 1.82) is 0 Å². The smallest absolute Gasteiger partial charge is 0.303 e. The zero-order valence-electron chi connectivity index (χ0n) is 11.7. The van der Waals surface area contributed by atoms with Gasteiger partial charge in [-0.1, -0.05) is 24.0 Å². The second kappa shape index (κ2) is 6.72. The Kier molecular flexibility index (Phi) is 5.18. The van der Waals surface area contributed by atoms with Gasteiger partial charge in [-0.3, -0.25) is 14.5 Å². The lowest BCUT2D eigenvalue weighted by atomic mass is 10.2. The molecule has 1 amide bonds. The van der Waals surface area contributed by atoms with Crippen LogP contribution in [0.4, 0.5) is 0 Å². The Labute approximate surface area is 136 Å². The van der Waals surface area contributed by atoms with Gasteiger partial charge in [0.1, 0.15) is 4.32 Å². The molecule has 1 N–H and O–H groups in total. The third-order valence-electron chi connectivity index (χ3n) is 3.10. The van der Waals surface area contributed by atoms with Crippen molar-refractivity contribution in [2.24, 2.45) is 0 Å². The molecular weight excluding hydrogens is 326 g/mol. The largest absolute Gasteiger partial charge is 0.481 e. The second-order valence-electron chi connectivity index (χ2n) is 4.72. The lowest BCUT2D eigenvalue weighted by Gasteiger charge is -2.13. The molecule has 21 heavy (non-hydrogen) atoms. The van der Waals surface area contributed by atoms with Crippen LogP contribution in [0.3, 0.4) is 0 Å². The summed E-state index contributed by atoms with van der Waals surface area (Å²) in [4.78, 5) is 27.2. The van der Waals surface area contributed by atoms with Crippen LogP contribution in [0.25, 0.3) is 6.08 Å². The molecule has 1 fully saturated rings. The van der Waals surface area contributed by atoms with E-state index in [0.29, 0.717) is 22.2 Å². The molecule has 1 aromatic heterocycles. The van der Waals surface area contributed by atoms with Crippen LogP contribution in [0.2, 0.25) is 0 Å². The van der Waals surface area contributed by atoms with Gasteiger partial charge < -0.3 is 5.11 Å². The predicted octanol–water partition coefficient (Wildman–Crippen LogP) is 3.43. The van der Waals surface area contributed by atoms with Crippen molar-refractivity contribution < 1.29 is 14.7 Å². The number of amides is 1. The first-order valence-corrected chi connectivity index (χ1v) is 8.47. The normalized spacial score (nSPS) is 17.0. The maximum absolute atomic E-state index is 12.3. The molecule has 1 aromatic rings. The summed E-state index contributed by atoms with van der Waals surface area (Å²) in [5.41, 5.74) is 1.21. The van der Waals surface area contributed by atoms with Gasteiger partial charge in [0.05, 0.1) is 4.91 Å². The van der Waals surface area contributed by atoms with Crippen LogP contribution in [-0.4, -0.2) is 32.7 Å². The molecule has 0 saturated carbocycles. The van der Waals surface area contributed by atoms with E-state index in [1.807, 2.05) is 13.0 Å². The third-order valence-corrected chi connectivity index (χ3v) is 5.58. The number of aliphatic carboxylic acids is 1.